The maximum absolute atomic E-state index is 11.7. The molecule has 0 heterocycles. The second kappa shape index (κ2) is 7.84. The summed E-state index contributed by atoms with van der Waals surface area (Å²) in [7, 11) is 4.88. The third-order valence-electron chi connectivity index (χ3n) is 2.69. The van der Waals surface area contributed by atoms with Crippen LogP contribution in [0.2, 0.25) is 0 Å². The maximum atomic E-state index is 11.7. The first kappa shape index (κ1) is 16.4. The molecule has 0 saturated heterocycles. The van der Waals surface area contributed by atoms with Crippen molar-refractivity contribution in [1.29, 1.82) is 0 Å². The SMILES string of the molecule is CNC(=O)CNC(=O)C=Cc1ccc(C(=O)N(C)C)cc1. The first-order valence-electron chi connectivity index (χ1n) is 6.42. The van der Waals surface area contributed by atoms with Gasteiger partial charge in [0.1, 0.15) is 0 Å². The van der Waals surface area contributed by atoms with Gasteiger partial charge < -0.3 is 15.5 Å². The molecule has 0 aliphatic carbocycles. The Labute approximate surface area is 123 Å². The Bertz CT molecular complexity index is 548. The maximum Gasteiger partial charge on any atom is 0.253 e. The minimum Gasteiger partial charge on any atom is -0.358 e. The van der Waals surface area contributed by atoms with Crippen LogP contribution in [-0.4, -0.2) is 50.3 Å². The number of nitrogens with one attached hydrogen (secondary N) is 2. The summed E-state index contributed by atoms with van der Waals surface area (Å²) >= 11 is 0. The molecule has 112 valence electrons. The number of hydrogen-bond donors (Lipinski definition) is 2. The smallest absolute Gasteiger partial charge is 0.253 e. The molecule has 6 heteroatoms. The van der Waals surface area contributed by atoms with Gasteiger partial charge in [-0.05, 0) is 23.8 Å². The van der Waals surface area contributed by atoms with Crippen molar-refractivity contribution >= 4 is 23.8 Å². The van der Waals surface area contributed by atoms with Gasteiger partial charge in [0, 0.05) is 32.8 Å². The van der Waals surface area contributed by atoms with Crippen LogP contribution in [0.3, 0.4) is 0 Å². The van der Waals surface area contributed by atoms with E-state index < -0.39 is 0 Å². The molecule has 0 aliphatic rings. The van der Waals surface area contributed by atoms with Crippen molar-refractivity contribution in [3.63, 3.8) is 0 Å². The number of rotatable bonds is 5. The predicted octanol–water partition coefficient (Wildman–Crippen LogP) is 0.264. The van der Waals surface area contributed by atoms with Gasteiger partial charge in [-0.25, -0.2) is 0 Å². The normalized spacial score (nSPS) is 10.2. The molecule has 1 rings (SSSR count). The van der Waals surface area contributed by atoms with Crippen LogP contribution in [0.1, 0.15) is 15.9 Å². The number of amides is 3. The first-order valence-corrected chi connectivity index (χ1v) is 6.42. The van der Waals surface area contributed by atoms with Crippen LogP contribution in [0, 0.1) is 0 Å². The first-order chi connectivity index (χ1) is 9.93. The number of likely N-dealkylation sites (N-methyl/N-ethyl adjacent to an activating group) is 1. The Balaban J connectivity index is 2.59. The molecule has 0 aromatic heterocycles. The summed E-state index contributed by atoms with van der Waals surface area (Å²) in [4.78, 5) is 35.6. The second-order valence-corrected chi connectivity index (χ2v) is 4.55. The summed E-state index contributed by atoms with van der Waals surface area (Å²) < 4.78 is 0. The molecule has 0 saturated carbocycles. The van der Waals surface area contributed by atoms with Gasteiger partial charge >= 0.3 is 0 Å². The Morgan fingerprint density at radius 3 is 2.29 bits per heavy atom. The number of benzene rings is 1. The molecule has 0 unspecified atom stereocenters. The van der Waals surface area contributed by atoms with E-state index in [1.54, 1.807) is 44.4 Å². The van der Waals surface area contributed by atoms with Crippen molar-refractivity contribution in [3.8, 4) is 0 Å². The molecule has 0 atom stereocenters. The summed E-state index contributed by atoms with van der Waals surface area (Å²) in [5.41, 5.74) is 1.38. The van der Waals surface area contributed by atoms with E-state index in [2.05, 4.69) is 10.6 Å². The van der Waals surface area contributed by atoms with Crippen LogP contribution in [-0.2, 0) is 9.59 Å². The molecule has 0 bridgehead atoms. The van der Waals surface area contributed by atoms with Gasteiger partial charge in [-0.1, -0.05) is 12.1 Å². The monoisotopic (exact) mass is 289 g/mol. The van der Waals surface area contributed by atoms with Gasteiger partial charge in [0.05, 0.1) is 6.54 Å². The lowest BCUT2D eigenvalue weighted by Crippen LogP contribution is -2.34. The summed E-state index contributed by atoms with van der Waals surface area (Å²) in [6.07, 6.45) is 2.95. The van der Waals surface area contributed by atoms with Gasteiger partial charge in [-0.15, -0.1) is 0 Å². The van der Waals surface area contributed by atoms with E-state index in [-0.39, 0.29) is 24.3 Å². The molecule has 3 amide bonds. The van der Waals surface area contributed by atoms with Crippen LogP contribution in [0.4, 0.5) is 0 Å². The van der Waals surface area contributed by atoms with Crippen molar-refractivity contribution in [2.75, 3.05) is 27.7 Å². The van der Waals surface area contributed by atoms with Crippen LogP contribution >= 0.6 is 0 Å². The van der Waals surface area contributed by atoms with E-state index in [0.29, 0.717) is 5.56 Å². The molecule has 0 spiro atoms. The fourth-order valence-corrected chi connectivity index (χ4v) is 1.48. The molecule has 1 aromatic rings. The summed E-state index contributed by atoms with van der Waals surface area (Å²) in [6.45, 7) is -0.0596. The minimum absolute atomic E-state index is 0.0596. The van der Waals surface area contributed by atoms with Crippen molar-refractivity contribution in [3.05, 3.63) is 41.5 Å². The van der Waals surface area contributed by atoms with Gasteiger partial charge in [-0.3, -0.25) is 14.4 Å². The molecule has 21 heavy (non-hydrogen) atoms. The van der Waals surface area contributed by atoms with Crippen molar-refractivity contribution in [1.82, 2.24) is 15.5 Å². The Morgan fingerprint density at radius 1 is 1.14 bits per heavy atom. The summed E-state index contributed by atoms with van der Waals surface area (Å²) in [6, 6.07) is 6.90. The van der Waals surface area contributed by atoms with Gasteiger partial charge in [-0.2, -0.15) is 0 Å². The van der Waals surface area contributed by atoms with E-state index in [1.165, 1.54) is 18.0 Å². The van der Waals surface area contributed by atoms with E-state index in [1.807, 2.05) is 0 Å². The number of nitrogens with zero attached hydrogens (tertiary/aromatic N) is 1. The Morgan fingerprint density at radius 2 is 1.76 bits per heavy atom. The summed E-state index contributed by atoms with van der Waals surface area (Å²) in [5.74, 6) is -0.691. The number of carbonyl (C=O) groups excluding carboxylic acids is 3. The van der Waals surface area contributed by atoms with E-state index in [4.69, 9.17) is 0 Å². The lowest BCUT2D eigenvalue weighted by atomic mass is 10.1. The molecule has 6 nitrogen and oxygen atoms in total. The highest BCUT2D eigenvalue weighted by Crippen LogP contribution is 2.07. The van der Waals surface area contributed by atoms with Gasteiger partial charge in [0.15, 0.2) is 0 Å². The van der Waals surface area contributed by atoms with Crippen LogP contribution in [0.5, 0.6) is 0 Å². The third kappa shape index (κ3) is 5.48. The average Bonchev–Trinajstić information content (AvgIpc) is 2.50. The lowest BCUT2D eigenvalue weighted by molar-refractivity contribution is -0.123. The highest BCUT2D eigenvalue weighted by Gasteiger charge is 2.06. The third-order valence-corrected chi connectivity index (χ3v) is 2.69. The Kier molecular flexibility index (Phi) is 6.13. The molecule has 0 fully saturated rings. The van der Waals surface area contributed by atoms with Gasteiger partial charge in [0.25, 0.3) is 5.91 Å². The number of hydrogen-bond acceptors (Lipinski definition) is 3. The zero-order valence-electron chi connectivity index (χ0n) is 12.3. The largest absolute Gasteiger partial charge is 0.358 e. The lowest BCUT2D eigenvalue weighted by Gasteiger charge is -2.09. The molecular weight excluding hydrogens is 270 g/mol. The average molecular weight is 289 g/mol. The van der Waals surface area contributed by atoms with Crippen molar-refractivity contribution < 1.29 is 14.4 Å². The van der Waals surface area contributed by atoms with Crippen LogP contribution < -0.4 is 10.6 Å². The van der Waals surface area contributed by atoms with E-state index in [0.717, 1.165) is 5.56 Å². The fourth-order valence-electron chi connectivity index (χ4n) is 1.48. The highest BCUT2D eigenvalue weighted by atomic mass is 16.2. The molecule has 0 aliphatic heterocycles. The zero-order chi connectivity index (χ0) is 15.8. The van der Waals surface area contributed by atoms with Crippen LogP contribution in [0.15, 0.2) is 30.3 Å². The Hall–Kier alpha value is -2.63. The van der Waals surface area contributed by atoms with Crippen molar-refractivity contribution in [2.24, 2.45) is 0 Å². The second-order valence-electron chi connectivity index (χ2n) is 4.55. The van der Waals surface area contributed by atoms with E-state index >= 15 is 0 Å². The number of carbonyl (C=O) groups is 3. The minimum atomic E-state index is -0.355. The molecule has 2 N–H and O–H groups in total. The van der Waals surface area contributed by atoms with E-state index in [9.17, 15) is 14.4 Å². The molecule has 1 aromatic carbocycles. The standard InChI is InChI=1S/C15H19N3O3/c1-16-14(20)10-17-13(19)9-6-11-4-7-12(8-5-11)15(21)18(2)3/h4-9H,10H2,1-3H3,(H,16,20)(H,17,19). The highest BCUT2D eigenvalue weighted by molar-refractivity contribution is 5.95. The van der Waals surface area contributed by atoms with Crippen LogP contribution in [0.25, 0.3) is 6.08 Å². The van der Waals surface area contributed by atoms with Gasteiger partial charge in [0.2, 0.25) is 11.8 Å². The fraction of sp³-hybridized carbons (Fsp3) is 0.267. The quantitative estimate of drug-likeness (QED) is 0.763. The summed E-state index contributed by atoms with van der Waals surface area (Å²) in [5, 5.41) is 4.86. The van der Waals surface area contributed by atoms with Crippen molar-refractivity contribution in [2.45, 2.75) is 0 Å². The topological polar surface area (TPSA) is 78.5 Å². The molecule has 0 radical (unpaired) electrons. The zero-order valence-corrected chi connectivity index (χ0v) is 12.3. The molecular formula is C15H19N3O3. The predicted molar refractivity (Wildman–Crippen MR) is 80.6 cm³/mol.